The molecule has 0 radical (unpaired) electrons. The van der Waals surface area contributed by atoms with Gasteiger partial charge in [-0.15, -0.1) is 0 Å². The zero-order valence-corrected chi connectivity index (χ0v) is 8.20. The lowest BCUT2D eigenvalue weighted by atomic mass is 10.3. The first kappa shape index (κ1) is 9.77. The topological polar surface area (TPSA) is 55.0 Å². The highest BCUT2D eigenvalue weighted by atomic mass is 15.2. The van der Waals surface area contributed by atoms with Crippen molar-refractivity contribution in [1.82, 2.24) is 9.97 Å². The van der Waals surface area contributed by atoms with Gasteiger partial charge >= 0.3 is 0 Å². The second-order valence-corrected chi connectivity index (χ2v) is 3.07. The van der Waals surface area contributed by atoms with Crippen molar-refractivity contribution in [3.8, 4) is 0 Å². The number of unbranched alkanes of at least 4 members (excludes halogenated alkanes) is 1. The van der Waals surface area contributed by atoms with E-state index in [9.17, 15) is 0 Å². The van der Waals surface area contributed by atoms with Crippen LogP contribution in [0.5, 0.6) is 0 Å². The van der Waals surface area contributed by atoms with Gasteiger partial charge in [-0.3, -0.25) is 0 Å². The van der Waals surface area contributed by atoms with Crippen LogP contribution in [0.15, 0.2) is 12.4 Å². The molecule has 0 atom stereocenters. The number of rotatable bonds is 4. The van der Waals surface area contributed by atoms with Crippen LogP contribution in [-0.4, -0.2) is 23.6 Å². The van der Waals surface area contributed by atoms with Crippen LogP contribution in [0.4, 0.5) is 11.6 Å². The molecule has 0 aliphatic carbocycles. The van der Waals surface area contributed by atoms with Crippen LogP contribution in [0.2, 0.25) is 0 Å². The molecule has 0 aromatic carbocycles. The highest BCUT2D eigenvalue weighted by Crippen LogP contribution is 2.07. The van der Waals surface area contributed by atoms with Crippen LogP contribution in [0.1, 0.15) is 19.8 Å². The number of nitrogens with two attached hydrogens (primary N) is 1. The monoisotopic (exact) mass is 180 g/mol. The number of aromatic nitrogens is 2. The summed E-state index contributed by atoms with van der Waals surface area (Å²) in [6.45, 7) is 3.18. The minimum absolute atomic E-state index is 0.465. The second-order valence-electron chi connectivity index (χ2n) is 3.07. The van der Waals surface area contributed by atoms with E-state index < -0.39 is 0 Å². The zero-order chi connectivity index (χ0) is 9.68. The van der Waals surface area contributed by atoms with Gasteiger partial charge < -0.3 is 10.6 Å². The van der Waals surface area contributed by atoms with Gasteiger partial charge in [-0.2, -0.15) is 0 Å². The van der Waals surface area contributed by atoms with E-state index in [1.54, 1.807) is 12.4 Å². The molecule has 0 spiro atoms. The molecule has 72 valence electrons. The van der Waals surface area contributed by atoms with Crippen molar-refractivity contribution in [1.29, 1.82) is 0 Å². The minimum atomic E-state index is 0.465. The van der Waals surface area contributed by atoms with Crippen molar-refractivity contribution in [3.63, 3.8) is 0 Å². The normalized spacial score (nSPS) is 10.0. The molecule has 0 fully saturated rings. The number of anilines is 2. The Balaban J connectivity index is 2.55. The molecule has 1 heterocycles. The summed E-state index contributed by atoms with van der Waals surface area (Å²) in [5.74, 6) is 1.34. The highest BCUT2D eigenvalue weighted by molar-refractivity contribution is 5.38. The predicted molar refractivity (Wildman–Crippen MR) is 54.6 cm³/mol. The van der Waals surface area contributed by atoms with Gasteiger partial charge in [0.05, 0.1) is 12.4 Å². The maximum Gasteiger partial charge on any atom is 0.146 e. The Morgan fingerprint density at radius 3 is 2.69 bits per heavy atom. The number of nitrogens with zero attached hydrogens (tertiary/aromatic N) is 3. The molecule has 13 heavy (non-hydrogen) atoms. The summed E-state index contributed by atoms with van der Waals surface area (Å²) < 4.78 is 0. The fraction of sp³-hybridized carbons (Fsp3) is 0.556. The molecular weight excluding hydrogens is 164 g/mol. The van der Waals surface area contributed by atoms with Crippen LogP contribution < -0.4 is 10.6 Å². The van der Waals surface area contributed by atoms with Gasteiger partial charge in [-0.05, 0) is 6.42 Å². The van der Waals surface area contributed by atoms with E-state index in [-0.39, 0.29) is 0 Å². The third kappa shape index (κ3) is 2.89. The Hall–Kier alpha value is -1.32. The smallest absolute Gasteiger partial charge is 0.146 e. The van der Waals surface area contributed by atoms with E-state index in [2.05, 4.69) is 21.8 Å². The lowest BCUT2D eigenvalue weighted by molar-refractivity contribution is 0.758. The summed E-state index contributed by atoms with van der Waals surface area (Å²) in [5, 5.41) is 0. The maximum absolute atomic E-state index is 5.43. The SMILES string of the molecule is CCCCN(C)c1cnc(N)cn1. The largest absolute Gasteiger partial charge is 0.382 e. The van der Waals surface area contributed by atoms with E-state index in [4.69, 9.17) is 5.73 Å². The molecule has 1 aromatic rings. The van der Waals surface area contributed by atoms with Gasteiger partial charge in [0.25, 0.3) is 0 Å². The summed E-state index contributed by atoms with van der Waals surface area (Å²) in [6, 6.07) is 0. The Labute approximate surface area is 78.8 Å². The van der Waals surface area contributed by atoms with Crippen molar-refractivity contribution < 1.29 is 0 Å². The minimum Gasteiger partial charge on any atom is -0.382 e. The second kappa shape index (κ2) is 4.64. The molecule has 1 aromatic heterocycles. The standard InChI is InChI=1S/C9H16N4/c1-3-4-5-13(2)9-7-11-8(10)6-12-9/h6-7H,3-5H2,1-2H3,(H2,10,11). The zero-order valence-electron chi connectivity index (χ0n) is 8.20. The van der Waals surface area contributed by atoms with Crippen LogP contribution in [0.3, 0.4) is 0 Å². The van der Waals surface area contributed by atoms with Gasteiger partial charge in [0.2, 0.25) is 0 Å². The predicted octanol–water partition coefficient (Wildman–Crippen LogP) is 1.30. The fourth-order valence-corrected chi connectivity index (χ4v) is 1.04. The van der Waals surface area contributed by atoms with E-state index in [0.29, 0.717) is 5.82 Å². The Morgan fingerprint density at radius 1 is 1.38 bits per heavy atom. The third-order valence-electron chi connectivity index (χ3n) is 1.90. The average molecular weight is 180 g/mol. The van der Waals surface area contributed by atoms with Crippen molar-refractivity contribution in [2.24, 2.45) is 0 Å². The molecule has 0 aliphatic rings. The molecular formula is C9H16N4. The van der Waals surface area contributed by atoms with Gasteiger partial charge in [-0.1, -0.05) is 13.3 Å². The first-order chi connectivity index (χ1) is 6.24. The molecule has 0 bridgehead atoms. The van der Waals surface area contributed by atoms with Gasteiger partial charge in [0.15, 0.2) is 0 Å². The Kier molecular flexibility index (Phi) is 3.49. The van der Waals surface area contributed by atoms with Crippen LogP contribution in [0, 0.1) is 0 Å². The first-order valence-corrected chi connectivity index (χ1v) is 4.52. The number of hydrogen-bond donors (Lipinski definition) is 1. The van der Waals surface area contributed by atoms with E-state index in [0.717, 1.165) is 12.4 Å². The third-order valence-corrected chi connectivity index (χ3v) is 1.90. The molecule has 0 aliphatic heterocycles. The van der Waals surface area contributed by atoms with Crippen molar-refractivity contribution >= 4 is 11.6 Å². The summed E-state index contributed by atoms with van der Waals surface area (Å²) in [7, 11) is 2.01. The van der Waals surface area contributed by atoms with Crippen LogP contribution in [-0.2, 0) is 0 Å². The molecule has 0 amide bonds. The Morgan fingerprint density at radius 2 is 2.15 bits per heavy atom. The Bertz CT molecular complexity index is 244. The molecule has 0 unspecified atom stereocenters. The lowest BCUT2D eigenvalue weighted by Crippen LogP contribution is -2.19. The van der Waals surface area contributed by atoms with E-state index in [1.165, 1.54) is 12.8 Å². The van der Waals surface area contributed by atoms with Crippen molar-refractivity contribution in [2.75, 3.05) is 24.2 Å². The molecule has 0 saturated heterocycles. The highest BCUT2D eigenvalue weighted by Gasteiger charge is 2.00. The van der Waals surface area contributed by atoms with E-state index in [1.807, 2.05) is 7.05 Å². The fourth-order valence-electron chi connectivity index (χ4n) is 1.04. The quantitative estimate of drug-likeness (QED) is 0.758. The maximum atomic E-state index is 5.43. The summed E-state index contributed by atoms with van der Waals surface area (Å²) in [4.78, 5) is 10.2. The molecule has 4 heteroatoms. The average Bonchev–Trinajstić information content (AvgIpc) is 2.15. The lowest BCUT2D eigenvalue weighted by Gasteiger charge is -2.16. The van der Waals surface area contributed by atoms with Gasteiger partial charge in [0.1, 0.15) is 11.6 Å². The number of hydrogen-bond acceptors (Lipinski definition) is 4. The molecule has 2 N–H and O–H groups in total. The molecule has 1 rings (SSSR count). The van der Waals surface area contributed by atoms with Gasteiger partial charge in [-0.25, -0.2) is 9.97 Å². The first-order valence-electron chi connectivity index (χ1n) is 4.52. The van der Waals surface area contributed by atoms with E-state index >= 15 is 0 Å². The van der Waals surface area contributed by atoms with Crippen LogP contribution >= 0.6 is 0 Å². The van der Waals surface area contributed by atoms with Gasteiger partial charge in [0, 0.05) is 13.6 Å². The summed E-state index contributed by atoms with van der Waals surface area (Å²) in [6.07, 6.45) is 5.64. The van der Waals surface area contributed by atoms with Crippen molar-refractivity contribution in [2.45, 2.75) is 19.8 Å². The number of nitrogen functional groups attached to an aromatic ring is 1. The summed E-state index contributed by atoms with van der Waals surface area (Å²) in [5.41, 5.74) is 5.43. The summed E-state index contributed by atoms with van der Waals surface area (Å²) >= 11 is 0. The van der Waals surface area contributed by atoms with Crippen molar-refractivity contribution in [3.05, 3.63) is 12.4 Å². The van der Waals surface area contributed by atoms with Crippen LogP contribution in [0.25, 0.3) is 0 Å². The molecule has 4 nitrogen and oxygen atoms in total. The molecule has 0 saturated carbocycles.